The van der Waals surface area contributed by atoms with Crippen molar-refractivity contribution in [1.29, 1.82) is 0 Å². The fraction of sp³-hybridized carbons (Fsp3) is 0.333. The van der Waals surface area contributed by atoms with Crippen LogP contribution < -0.4 is 0 Å². The zero-order valence-corrected chi connectivity index (χ0v) is 14.5. The first-order chi connectivity index (χ1) is 12.1. The molecule has 0 saturated heterocycles. The molecule has 0 bridgehead atoms. The van der Waals surface area contributed by atoms with Gasteiger partial charge < -0.3 is 9.15 Å². The molecule has 0 radical (unpaired) electrons. The smallest absolute Gasteiger partial charge is 0.317 e. The predicted octanol–water partition coefficient (Wildman–Crippen LogP) is 4.16. The van der Waals surface area contributed by atoms with Crippen LogP contribution in [0.2, 0.25) is 0 Å². The topological polar surface area (TPSA) is 56.5 Å². The fourth-order valence-electron chi connectivity index (χ4n) is 3.33. The Morgan fingerprint density at radius 1 is 1.20 bits per heavy atom. The van der Waals surface area contributed by atoms with Crippen molar-refractivity contribution in [2.45, 2.75) is 32.6 Å². The Balaban J connectivity index is 1.98. The van der Waals surface area contributed by atoms with Gasteiger partial charge in [0.2, 0.25) is 0 Å². The quantitative estimate of drug-likeness (QED) is 0.607. The van der Waals surface area contributed by atoms with E-state index in [0.717, 1.165) is 17.6 Å². The maximum atomic E-state index is 12.7. The second-order valence-electron chi connectivity index (χ2n) is 6.18. The highest BCUT2D eigenvalue weighted by Gasteiger charge is 2.40. The number of furan rings is 1. The van der Waals surface area contributed by atoms with Gasteiger partial charge in [-0.05, 0) is 54.7 Å². The van der Waals surface area contributed by atoms with Gasteiger partial charge in [-0.3, -0.25) is 9.59 Å². The maximum absolute atomic E-state index is 12.7. The highest BCUT2D eigenvalue weighted by molar-refractivity contribution is 6.10. The SMILES string of the molecule is CCOC(=O)[C@@H]1C(=O)C=C(c2ccco2)C[C@H]1c1ccc(CC)cc1. The average Bonchev–Trinajstić information content (AvgIpc) is 3.16. The van der Waals surface area contributed by atoms with Gasteiger partial charge in [-0.15, -0.1) is 0 Å². The first-order valence-electron chi connectivity index (χ1n) is 8.67. The summed E-state index contributed by atoms with van der Waals surface area (Å²) in [6, 6.07) is 11.7. The molecule has 0 unspecified atom stereocenters. The lowest BCUT2D eigenvalue weighted by molar-refractivity contribution is -0.151. The molecule has 1 heterocycles. The molecule has 0 N–H and O–H groups in total. The van der Waals surface area contributed by atoms with Crippen molar-refractivity contribution < 1.29 is 18.7 Å². The predicted molar refractivity (Wildman–Crippen MR) is 95.0 cm³/mol. The number of rotatable bonds is 5. The number of ketones is 1. The summed E-state index contributed by atoms with van der Waals surface area (Å²) in [5, 5.41) is 0. The van der Waals surface area contributed by atoms with Crippen molar-refractivity contribution in [2.24, 2.45) is 5.92 Å². The standard InChI is InChI=1S/C21H22O4/c1-3-14-7-9-15(10-8-14)17-12-16(19-6-5-11-25-19)13-18(22)20(17)21(23)24-4-2/h5-11,13,17,20H,3-4,12H2,1-2H3/t17-,20-/m0/s1. The van der Waals surface area contributed by atoms with E-state index in [0.29, 0.717) is 12.2 Å². The third-order valence-electron chi connectivity index (χ3n) is 4.66. The largest absolute Gasteiger partial charge is 0.465 e. The van der Waals surface area contributed by atoms with Crippen LogP contribution >= 0.6 is 0 Å². The molecule has 1 aliphatic rings. The highest BCUT2D eigenvalue weighted by atomic mass is 16.5. The molecule has 1 aromatic heterocycles. The molecule has 4 heteroatoms. The van der Waals surface area contributed by atoms with Crippen LogP contribution in [-0.2, 0) is 20.7 Å². The molecule has 25 heavy (non-hydrogen) atoms. The summed E-state index contributed by atoms with van der Waals surface area (Å²) in [6.45, 7) is 4.11. The van der Waals surface area contributed by atoms with Crippen molar-refractivity contribution in [3.63, 3.8) is 0 Å². The Bertz CT molecular complexity index is 769. The number of carbonyl (C=O) groups is 2. The van der Waals surface area contributed by atoms with Gasteiger partial charge in [-0.2, -0.15) is 0 Å². The molecule has 2 aromatic rings. The van der Waals surface area contributed by atoms with Crippen LogP contribution in [0.4, 0.5) is 0 Å². The van der Waals surface area contributed by atoms with E-state index < -0.39 is 11.9 Å². The van der Waals surface area contributed by atoms with Gasteiger partial charge in [0.15, 0.2) is 5.78 Å². The summed E-state index contributed by atoms with van der Waals surface area (Å²) in [5.41, 5.74) is 3.02. The van der Waals surface area contributed by atoms with E-state index in [1.54, 1.807) is 19.3 Å². The maximum Gasteiger partial charge on any atom is 0.317 e. The Morgan fingerprint density at radius 3 is 2.56 bits per heavy atom. The molecule has 0 fully saturated rings. The molecule has 0 aliphatic heterocycles. The normalized spacial score (nSPS) is 20.2. The molecule has 0 spiro atoms. The third kappa shape index (κ3) is 3.58. The van der Waals surface area contributed by atoms with E-state index >= 15 is 0 Å². The van der Waals surface area contributed by atoms with Crippen molar-refractivity contribution >= 4 is 17.3 Å². The number of hydrogen-bond acceptors (Lipinski definition) is 4. The lowest BCUT2D eigenvalue weighted by Crippen LogP contribution is -2.34. The molecule has 0 saturated carbocycles. The van der Waals surface area contributed by atoms with Gasteiger partial charge >= 0.3 is 5.97 Å². The lowest BCUT2D eigenvalue weighted by Gasteiger charge is -2.28. The lowest BCUT2D eigenvalue weighted by atomic mass is 9.74. The van der Waals surface area contributed by atoms with Crippen molar-refractivity contribution in [2.75, 3.05) is 6.61 Å². The van der Waals surface area contributed by atoms with Crippen molar-refractivity contribution in [3.05, 3.63) is 65.6 Å². The van der Waals surface area contributed by atoms with Crippen LogP contribution in [0.3, 0.4) is 0 Å². The Morgan fingerprint density at radius 2 is 1.96 bits per heavy atom. The van der Waals surface area contributed by atoms with Gasteiger partial charge in [-0.1, -0.05) is 31.2 Å². The molecule has 1 aromatic carbocycles. The van der Waals surface area contributed by atoms with E-state index in [4.69, 9.17) is 9.15 Å². The number of hydrogen-bond donors (Lipinski definition) is 0. The number of allylic oxidation sites excluding steroid dienone is 2. The van der Waals surface area contributed by atoms with E-state index in [2.05, 4.69) is 6.92 Å². The summed E-state index contributed by atoms with van der Waals surface area (Å²) < 4.78 is 10.6. The van der Waals surface area contributed by atoms with Crippen LogP contribution in [0.5, 0.6) is 0 Å². The minimum absolute atomic E-state index is 0.222. The highest BCUT2D eigenvalue weighted by Crippen LogP contribution is 2.40. The van der Waals surface area contributed by atoms with Gasteiger partial charge in [-0.25, -0.2) is 0 Å². The van der Waals surface area contributed by atoms with Crippen molar-refractivity contribution in [1.82, 2.24) is 0 Å². The summed E-state index contributed by atoms with van der Waals surface area (Å²) in [4.78, 5) is 25.1. The Labute approximate surface area is 147 Å². The molecule has 1 aliphatic carbocycles. The van der Waals surface area contributed by atoms with Gasteiger partial charge in [0, 0.05) is 5.92 Å². The zero-order chi connectivity index (χ0) is 17.8. The minimum Gasteiger partial charge on any atom is -0.465 e. The summed E-state index contributed by atoms with van der Waals surface area (Å²) in [5.74, 6) is -1.05. The van der Waals surface area contributed by atoms with Crippen LogP contribution in [0.15, 0.2) is 53.2 Å². The zero-order valence-electron chi connectivity index (χ0n) is 14.5. The molecule has 3 rings (SSSR count). The van der Waals surface area contributed by atoms with Crippen molar-refractivity contribution in [3.8, 4) is 0 Å². The Hall–Kier alpha value is -2.62. The van der Waals surface area contributed by atoms with Gasteiger partial charge in [0.25, 0.3) is 0 Å². The number of carbonyl (C=O) groups excluding carboxylic acids is 2. The summed E-state index contributed by atoms with van der Waals surface area (Å²) >= 11 is 0. The van der Waals surface area contributed by atoms with E-state index in [1.807, 2.05) is 30.3 Å². The van der Waals surface area contributed by atoms with E-state index in [9.17, 15) is 9.59 Å². The number of aryl methyl sites for hydroxylation is 1. The summed E-state index contributed by atoms with van der Waals surface area (Å²) in [7, 11) is 0. The molecular formula is C21H22O4. The average molecular weight is 338 g/mol. The van der Waals surface area contributed by atoms with Crippen LogP contribution in [0, 0.1) is 5.92 Å². The molecule has 2 atom stereocenters. The monoisotopic (exact) mass is 338 g/mol. The van der Waals surface area contributed by atoms with Crippen LogP contribution in [0.1, 0.15) is 43.1 Å². The number of esters is 1. The molecular weight excluding hydrogens is 316 g/mol. The first-order valence-corrected chi connectivity index (χ1v) is 8.67. The Kier molecular flexibility index (Phi) is 5.17. The molecule has 4 nitrogen and oxygen atoms in total. The number of ether oxygens (including phenoxy) is 1. The first kappa shape index (κ1) is 17.2. The molecule has 130 valence electrons. The second kappa shape index (κ2) is 7.51. The fourth-order valence-corrected chi connectivity index (χ4v) is 3.33. The van der Waals surface area contributed by atoms with Gasteiger partial charge in [0.1, 0.15) is 11.7 Å². The van der Waals surface area contributed by atoms with Crippen LogP contribution in [0.25, 0.3) is 5.57 Å². The van der Waals surface area contributed by atoms with Crippen LogP contribution in [-0.4, -0.2) is 18.4 Å². The van der Waals surface area contributed by atoms with Gasteiger partial charge in [0.05, 0.1) is 12.9 Å². The number of benzene rings is 1. The third-order valence-corrected chi connectivity index (χ3v) is 4.66. The van der Waals surface area contributed by atoms with E-state index in [1.165, 1.54) is 11.6 Å². The summed E-state index contributed by atoms with van der Waals surface area (Å²) in [6.07, 6.45) is 4.62. The minimum atomic E-state index is -0.800. The second-order valence-corrected chi connectivity index (χ2v) is 6.18. The molecule has 0 amide bonds. The van der Waals surface area contributed by atoms with E-state index in [-0.39, 0.29) is 18.3 Å².